The second kappa shape index (κ2) is 8.43. The van der Waals surface area contributed by atoms with Crippen LogP contribution in [-0.2, 0) is 0 Å². The molecule has 1 heterocycles. The molecule has 0 fully saturated rings. The molecule has 2 aromatic carbocycles. The molecular weight excluding hydrogens is 429 g/mol. The number of amides is 1. The highest BCUT2D eigenvalue weighted by Crippen LogP contribution is 2.32. The van der Waals surface area contributed by atoms with E-state index in [-0.39, 0.29) is 16.3 Å². The van der Waals surface area contributed by atoms with E-state index in [0.717, 1.165) is 0 Å². The minimum atomic E-state index is -0.524. The molecule has 1 aromatic heterocycles. The number of carbonyl (C=O) groups excluding carboxylic acids is 1. The average molecular weight is 439 g/mol. The van der Waals surface area contributed by atoms with Gasteiger partial charge in [0.25, 0.3) is 11.6 Å². The first-order valence-electron chi connectivity index (χ1n) is 7.68. The van der Waals surface area contributed by atoms with E-state index >= 15 is 0 Å². The molecule has 7 nitrogen and oxygen atoms in total. The van der Waals surface area contributed by atoms with Crippen molar-refractivity contribution in [3.8, 4) is 11.3 Å². The van der Waals surface area contributed by atoms with Gasteiger partial charge in [-0.15, -0.1) is 0 Å². The Balaban J connectivity index is 1.72. The van der Waals surface area contributed by atoms with Crippen LogP contribution in [0, 0.1) is 10.1 Å². The Labute approximate surface area is 173 Å². The van der Waals surface area contributed by atoms with Crippen LogP contribution in [0.3, 0.4) is 0 Å². The van der Waals surface area contributed by atoms with Gasteiger partial charge >= 0.3 is 0 Å². The lowest BCUT2D eigenvalue weighted by Gasteiger charge is -2.01. The van der Waals surface area contributed by atoms with Crippen LogP contribution in [0.5, 0.6) is 0 Å². The Morgan fingerprint density at radius 3 is 2.50 bits per heavy atom. The van der Waals surface area contributed by atoms with Crippen molar-refractivity contribution in [1.82, 2.24) is 5.43 Å². The van der Waals surface area contributed by atoms with Crippen molar-refractivity contribution in [2.24, 2.45) is 5.10 Å². The zero-order chi connectivity index (χ0) is 20.3. The van der Waals surface area contributed by atoms with E-state index in [1.165, 1.54) is 42.6 Å². The predicted molar refractivity (Wildman–Crippen MR) is 107 cm³/mol. The van der Waals surface area contributed by atoms with E-state index in [4.69, 9.17) is 39.2 Å². The van der Waals surface area contributed by atoms with Crippen LogP contribution in [0.1, 0.15) is 16.1 Å². The Hall–Kier alpha value is -2.87. The first kappa shape index (κ1) is 19.9. The molecule has 142 valence electrons. The zero-order valence-corrected chi connectivity index (χ0v) is 16.1. The van der Waals surface area contributed by atoms with Crippen LogP contribution in [-0.4, -0.2) is 17.0 Å². The summed E-state index contributed by atoms with van der Waals surface area (Å²) in [6.45, 7) is 0. The van der Waals surface area contributed by atoms with Crippen molar-refractivity contribution in [2.75, 3.05) is 0 Å². The molecule has 3 aromatic rings. The fraction of sp³-hybridized carbons (Fsp3) is 0. The normalized spacial score (nSPS) is 11.0. The van der Waals surface area contributed by atoms with E-state index in [0.29, 0.717) is 27.1 Å². The summed E-state index contributed by atoms with van der Waals surface area (Å²) in [7, 11) is 0. The maximum Gasteiger partial charge on any atom is 0.271 e. The molecular formula is C18H10Cl3N3O4. The van der Waals surface area contributed by atoms with Gasteiger partial charge in [-0.1, -0.05) is 34.8 Å². The lowest BCUT2D eigenvalue weighted by Crippen LogP contribution is -2.17. The number of nitrogens with zero attached hydrogens (tertiary/aromatic N) is 2. The molecule has 0 saturated carbocycles. The van der Waals surface area contributed by atoms with Crippen molar-refractivity contribution < 1.29 is 14.1 Å². The molecule has 1 amide bonds. The number of nitrogens with one attached hydrogen (secondary N) is 1. The summed E-state index contributed by atoms with van der Waals surface area (Å²) in [5.41, 5.74) is 2.88. The molecule has 10 heteroatoms. The standard InChI is InChI=1S/C18H10Cl3N3O4/c19-14-5-2-11(24(26)27)8-13(14)17-6-3-12(28-17)9-22-23-18(25)10-1-4-15(20)16(21)7-10/h1-9H,(H,23,25)/b22-9-. The number of hydrazone groups is 1. The highest BCUT2D eigenvalue weighted by molar-refractivity contribution is 6.42. The van der Waals surface area contributed by atoms with Crippen LogP contribution in [0.15, 0.2) is 58.0 Å². The number of carbonyl (C=O) groups is 1. The van der Waals surface area contributed by atoms with Gasteiger partial charge in [0.05, 0.1) is 26.2 Å². The number of hydrogen-bond donors (Lipinski definition) is 1. The molecule has 0 unspecified atom stereocenters. The maximum atomic E-state index is 12.0. The molecule has 0 spiro atoms. The van der Waals surface area contributed by atoms with Crippen molar-refractivity contribution in [3.05, 3.63) is 85.0 Å². The number of nitro groups is 1. The van der Waals surface area contributed by atoms with Crippen molar-refractivity contribution >= 4 is 52.6 Å². The Bertz CT molecular complexity index is 1100. The Morgan fingerprint density at radius 2 is 1.79 bits per heavy atom. The van der Waals surface area contributed by atoms with Gasteiger partial charge < -0.3 is 4.42 Å². The third-order valence-electron chi connectivity index (χ3n) is 3.59. The molecule has 1 N–H and O–H groups in total. The van der Waals surface area contributed by atoms with Crippen molar-refractivity contribution in [1.29, 1.82) is 0 Å². The summed E-state index contributed by atoms with van der Waals surface area (Å²) < 4.78 is 5.56. The summed E-state index contributed by atoms with van der Waals surface area (Å²) in [6, 6.07) is 11.6. The van der Waals surface area contributed by atoms with Gasteiger partial charge in [0.2, 0.25) is 0 Å². The topological polar surface area (TPSA) is 97.7 Å². The first-order chi connectivity index (χ1) is 13.3. The predicted octanol–water partition coefficient (Wildman–Crippen LogP) is 5.58. The van der Waals surface area contributed by atoms with Gasteiger partial charge in [0.15, 0.2) is 0 Å². The SMILES string of the molecule is O=C(N/N=C\c1ccc(-c2cc([N+](=O)[O-])ccc2Cl)o1)c1ccc(Cl)c(Cl)c1. The number of benzene rings is 2. The highest BCUT2D eigenvalue weighted by atomic mass is 35.5. The fourth-order valence-corrected chi connectivity index (χ4v) is 2.75. The molecule has 0 aliphatic rings. The molecule has 0 atom stereocenters. The second-order valence-electron chi connectivity index (χ2n) is 5.45. The van der Waals surface area contributed by atoms with Gasteiger partial charge in [-0.05, 0) is 36.4 Å². The minimum absolute atomic E-state index is 0.111. The number of nitro benzene ring substituents is 1. The van der Waals surface area contributed by atoms with Gasteiger partial charge in [-0.25, -0.2) is 5.43 Å². The van der Waals surface area contributed by atoms with E-state index in [9.17, 15) is 14.9 Å². The minimum Gasteiger partial charge on any atom is -0.455 e. The Kier molecular flexibility index (Phi) is 5.99. The largest absolute Gasteiger partial charge is 0.455 e. The van der Waals surface area contributed by atoms with Crippen molar-refractivity contribution in [2.45, 2.75) is 0 Å². The fourth-order valence-electron chi connectivity index (χ4n) is 2.24. The average Bonchev–Trinajstić information content (AvgIpc) is 3.12. The second-order valence-corrected chi connectivity index (χ2v) is 6.67. The summed E-state index contributed by atoms with van der Waals surface area (Å²) >= 11 is 17.8. The number of rotatable bonds is 5. The van der Waals surface area contributed by atoms with Gasteiger partial charge in [-0.2, -0.15) is 5.10 Å². The first-order valence-corrected chi connectivity index (χ1v) is 8.81. The molecule has 3 rings (SSSR count). The smallest absolute Gasteiger partial charge is 0.271 e. The van der Waals surface area contributed by atoms with Crippen molar-refractivity contribution in [3.63, 3.8) is 0 Å². The zero-order valence-electron chi connectivity index (χ0n) is 13.9. The van der Waals surface area contributed by atoms with Gasteiger partial charge in [0.1, 0.15) is 11.5 Å². The van der Waals surface area contributed by atoms with Crippen LogP contribution < -0.4 is 5.43 Å². The number of hydrogen-bond acceptors (Lipinski definition) is 5. The lowest BCUT2D eigenvalue weighted by molar-refractivity contribution is -0.384. The van der Waals surface area contributed by atoms with Gasteiger partial charge in [-0.3, -0.25) is 14.9 Å². The van der Waals surface area contributed by atoms with Crippen LogP contribution in [0.25, 0.3) is 11.3 Å². The highest BCUT2D eigenvalue weighted by Gasteiger charge is 2.14. The molecule has 0 saturated heterocycles. The Morgan fingerprint density at radius 1 is 1.04 bits per heavy atom. The summed E-state index contributed by atoms with van der Waals surface area (Å²) in [5, 5.41) is 15.6. The summed E-state index contributed by atoms with van der Waals surface area (Å²) in [6.07, 6.45) is 1.28. The van der Waals surface area contributed by atoms with E-state index < -0.39 is 10.8 Å². The maximum absolute atomic E-state index is 12.0. The lowest BCUT2D eigenvalue weighted by atomic mass is 10.1. The number of furan rings is 1. The molecule has 0 aliphatic heterocycles. The van der Waals surface area contributed by atoms with E-state index in [1.807, 2.05) is 0 Å². The molecule has 0 bridgehead atoms. The summed E-state index contributed by atoms with van der Waals surface area (Å²) in [5.74, 6) is 0.154. The third-order valence-corrected chi connectivity index (χ3v) is 4.66. The number of non-ortho nitro benzene ring substituents is 1. The molecule has 28 heavy (non-hydrogen) atoms. The van der Waals surface area contributed by atoms with Crippen LogP contribution in [0.2, 0.25) is 15.1 Å². The van der Waals surface area contributed by atoms with E-state index in [1.54, 1.807) is 12.1 Å². The van der Waals surface area contributed by atoms with E-state index in [2.05, 4.69) is 10.5 Å². The van der Waals surface area contributed by atoms with Gasteiger partial charge in [0, 0.05) is 23.3 Å². The number of halogens is 3. The summed E-state index contributed by atoms with van der Waals surface area (Å²) in [4.78, 5) is 22.4. The third kappa shape index (κ3) is 4.51. The quantitative estimate of drug-likeness (QED) is 0.319. The van der Waals surface area contributed by atoms with Crippen LogP contribution >= 0.6 is 34.8 Å². The molecule has 0 radical (unpaired) electrons. The van der Waals surface area contributed by atoms with Crippen LogP contribution in [0.4, 0.5) is 5.69 Å². The molecule has 0 aliphatic carbocycles. The monoisotopic (exact) mass is 437 g/mol.